The van der Waals surface area contributed by atoms with Crippen molar-refractivity contribution in [1.82, 2.24) is 0 Å². The van der Waals surface area contributed by atoms with E-state index in [4.69, 9.17) is 4.74 Å². The van der Waals surface area contributed by atoms with Crippen LogP contribution >= 0.6 is 0 Å². The normalized spacial score (nSPS) is 10.2. The van der Waals surface area contributed by atoms with Gasteiger partial charge in [-0.25, -0.2) is 0 Å². The molecule has 3 heteroatoms. The summed E-state index contributed by atoms with van der Waals surface area (Å²) in [5.74, 6) is 0.907. The van der Waals surface area contributed by atoms with E-state index in [1.807, 2.05) is 25.1 Å². The molecule has 0 unspecified atom stereocenters. The molecule has 0 spiro atoms. The van der Waals surface area contributed by atoms with Gasteiger partial charge in [0.15, 0.2) is 0 Å². The molecule has 2 N–H and O–H groups in total. The molecule has 0 heterocycles. The predicted molar refractivity (Wildman–Crippen MR) is 90.5 cm³/mol. The lowest BCUT2D eigenvalue weighted by atomic mass is 10.1. The van der Waals surface area contributed by atoms with E-state index in [1.165, 1.54) is 16.8 Å². The zero-order valence-electron chi connectivity index (χ0n) is 13.1. The van der Waals surface area contributed by atoms with E-state index >= 15 is 0 Å². The van der Waals surface area contributed by atoms with Crippen molar-refractivity contribution in [2.75, 3.05) is 30.3 Å². The van der Waals surface area contributed by atoms with E-state index in [-0.39, 0.29) is 0 Å². The third-order valence-corrected chi connectivity index (χ3v) is 3.31. The number of hydrogen-bond acceptors (Lipinski definition) is 3. The first-order valence-corrected chi connectivity index (χ1v) is 7.47. The third-order valence-electron chi connectivity index (χ3n) is 3.31. The average Bonchev–Trinajstić information content (AvgIpc) is 2.48. The van der Waals surface area contributed by atoms with Gasteiger partial charge in [0.25, 0.3) is 0 Å². The lowest BCUT2D eigenvalue weighted by Crippen LogP contribution is -2.14. The van der Waals surface area contributed by atoms with Crippen LogP contribution in [0.3, 0.4) is 0 Å². The van der Waals surface area contributed by atoms with Crippen LogP contribution in [0.25, 0.3) is 0 Å². The Labute approximate surface area is 127 Å². The highest BCUT2D eigenvalue weighted by molar-refractivity contribution is 5.53. The Hall–Kier alpha value is -2.16. The second kappa shape index (κ2) is 7.58. The Balaban J connectivity index is 1.81. The summed E-state index contributed by atoms with van der Waals surface area (Å²) in [7, 11) is 0. The van der Waals surface area contributed by atoms with E-state index < -0.39 is 0 Å². The lowest BCUT2D eigenvalue weighted by Gasteiger charge is -2.12. The van der Waals surface area contributed by atoms with Crippen molar-refractivity contribution in [3.8, 4) is 5.75 Å². The number of nitrogens with one attached hydrogen (secondary N) is 2. The second-order valence-electron chi connectivity index (χ2n) is 5.13. The number of rotatable bonds is 7. The van der Waals surface area contributed by atoms with Gasteiger partial charge in [-0.05, 0) is 50.1 Å². The molecule has 2 aromatic carbocycles. The molecule has 0 amide bonds. The van der Waals surface area contributed by atoms with Crippen LogP contribution in [0.15, 0.2) is 42.5 Å². The predicted octanol–water partition coefficient (Wildman–Crippen LogP) is 4.23. The van der Waals surface area contributed by atoms with Gasteiger partial charge in [0.05, 0.1) is 6.61 Å². The first-order chi connectivity index (χ1) is 10.2. The van der Waals surface area contributed by atoms with Crippen LogP contribution in [-0.2, 0) is 0 Å². The summed E-state index contributed by atoms with van der Waals surface area (Å²) in [6, 6.07) is 14.5. The van der Waals surface area contributed by atoms with Gasteiger partial charge in [0.1, 0.15) is 5.75 Å². The molecule has 21 heavy (non-hydrogen) atoms. The number of anilines is 2. The van der Waals surface area contributed by atoms with Crippen LogP contribution in [0.1, 0.15) is 18.1 Å². The average molecular weight is 284 g/mol. The van der Waals surface area contributed by atoms with Crippen molar-refractivity contribution in [2.24, 2.45) is 0 Å². The molecular formula is C18H24N2O. The minimum atomic E-state index is 0.692. The number of hydrogen-bond donors (Lipinski definition) is 2. The molecule has 0 saturated heterocycles. The Morgan fingerprint density at radius 1 is 0.952 bits per heavy atom. The maximum Gasteiger partial charge on any atom is 0.121 e. The molecule has 0 aliphatic carbocycles. The molecule has 0 aliphatic rings. The van der Waals surface area contributed by atoms with Crippen molar-refractivity contribution in [1.29, 1.82) is 0 Å². The van der Waals surface area contributed by atoms with Gasteiger partial charge in [-0.2, -0.15) is 0 Å². The summed E-state index contributed by atoms with van der Waals surface area (Å²) < 4.78 is 5.50. The maximum absolute atomic E-state index is 5.50. The minimum Gasteiger partial charge on any atom is -0.494 e. The van der Waals surface area contributed by atoms with Crippen molar-refractivity contribution >= 4 is 11.4 Å². The fourth-order valence-electron chi connectivity index (χ4n) is 2.19. The summed E-state index contributed by atoms with van der Waals surface area (Å²) in [4.78, 5) is 0. The Morgan fingerprint density at radius 3 is 2.57 bits per heavy atom. The summed E-state index contributed by atoms with van der Waals surface area (Å²) in [6.07, 6.45) is 0. The zero-order valence-corrected chi connectivity index (χ0v) is 13.1. The monoisotopic (exact) mass is 284 g/mol. The van der Waals surface area contributed by atoms with Crippen LogP contribution in [0, 0.1) is 13.8 Å². The number of aryl methyl sites for hydroxylation is 2. The second-order valence-corrected chi connectivity index (χ2v) is 5.13. The molecule has 0 fully saturated rings. The van der Waals surface area contributed by atoms with Gasteiger partial charge in [-0.3, -0.25) is 0 Å². The van der Waals surface area contributed by atoms with E-state index in [1.54, 1.807) is 0 Å². The number of benzene rings is 2. The van der Waals surface area contributed by atoms with Gasteiger partial charge < -0.3 is 15.4 Å². The first kappa shape index (κ1) is 15.2. The van der Waals surface area contributed by atoms with Crippen molar-refractivity contribution in [2.45, 2.75) is 20.8 Å². The molecule has 2 rings (SSSR count). The molecule has 0 aliphatic heterocycles. The number of ether oxygens (including phenoxy) is 1. The van der Waals surface area contributed by atoms with Crippen LogP contribution in [-0.4, -0.2) is 19.7 Å². The van der Waals surface area contributed by atoms with Gasteiger partial charge in [-0.15, -0.1) is 0 Å². The lowest BCUT2D eigenvalue weighted by molar-refractivity contribution is 0.340. The topological polar surface area (TPSA) is 33.3 Å². The largest absolute Gasteiger partial charge is 0.494 e. The molecular weight excluding hydrogens is 260 g/mol. The summed E-state index contributed by atoms with van der Waals surface area (Å²) in [5, 5.41) is 6.88. The Bertz CT molecular complexity index is 581. The van der Waals surface area contributed by atoms with Crippen LogP contribution in [0.4, 0.5) is 11.4 Å². The molecule has 0 atom stereocenters. The SMILES string of the molecule is CCOc1cccc(NCCNc2cc(C)ccc2C)c1. The molecule has 3 nitrogen and oxygen atoms in total. The van der Waals surface area contributed by atoms with E-state index in [0.29, 0.717) is 6.61 Å². The molecule has 0 bridgehead atoms. The molecule has 2 aromatic rings. The third kappa shape index (κ3) is 4.71. The quantitative estimate of drug-likeness (QED) is 0.747. The highest BCUT2D eigenvalue weighted by Gasteiger charge is 1.98. The van der Waals surface area contributed by atoms with Crippen molar-refractivity contribution in [3.63, 3.8) is 0 Å². The van der Waals surface area contributed by atoms with Gasteiger partial charge >= 0.3 is 0 Å². The Kier molecular flexibility index (Phi) is 5.50. The highest BCUT2D eigenvalue weighted by Crippen LogP contribution is 2.18. The smallest absolute Gasteiger partial charge is 0.121 e. The van der Waals surface area contributed by atoms with E-state index in [9.17, 15) is 0 Å². The van der Waals surface area contributed by atoms with E-state index in [0.717, 1.165) is 24.5 Å². The molecule has 112 valence electrons. The van der Waals surface area contributed by atoms with Gasteiger partial charge in [0.2, 0.25) is 0 Å². The summed E-state index contributed by atoms with van der Waals surface area (Å²) in [6.45, 7) is 8.67. The van der Waals surface area contributed by atoms with Gasteiger partial charge in [0, 0.05) is 30.5 Å². The molecule has 0 saturated carbocycles. The molecule has 0 radical (unpaired) electrons. The first-order valence-electron chi connectivity index (χ1n) is 7.47. The summed E-state index contributed by atoms with van der Waals surface area (Å²) in [5.41, 5.74) is 4.85. The zero-order chi connectivity index (χ0) is 15.1. The van der Waals surface area contributed by atoms with Crippen LogP contribution < -0.4 is 15.4 Å². The van der Waals surface area contributed by atoms with E-state index in [2.05, 4.69) is 48.7 Å². The fourth-order valence-corrected chi connectivity index (χ4v) is 2.19. The minimum absolute atomic E-state index is 0.692. The Morgan fingerprint density at radius 2 is 1.76 bits per heavy atom. The van der Waals surface area contributed by atoms with Gasteiger partial charge in [-0.1, -0.05) is 18.2 Å². The highest BCUT2D eigenvalue weighted by atomic mass is 16.5. The summed E-state index contributed by atoms with van der Waals surface area (Å²) >= 11 is 0. The van der Waals surface area contributed by atoms with Crippen molar-refractivity contribution < 1.29 is 4.74 Å². The van der Waals surface area contributed by atoms with Crippen molar-refractivity contribution in [3.05, 3.63) is 53.6 Å². The van der Waals surface area contributed by atoms with Crippen LogP contribution in [0.5, 0.6) is 5.75 Å². The van der Waals surface area contributed by atoms with Crippen LogP contribution in [0.2, 0.25) is 0 Å². The standard InChI is InChI=1S/C18H24N2O/c1-4-21-17-7-5-6-16(13-17)19-10-11-20-18-12-14(2)8-9-15(18)3/h5-9,12-13,19-20H,4,10-11H2,1-3H3. The fraction of sp³-hybridized carbons (Fsp3) is 0.333. The molecule has 0 aromatic heterocycles. The maximum atomic E-state index is 5.50.